The Balaban J connectivity index is 1.79. The number of nitrogens with zero attached hydrogens (tertiary/aromatic N) is 2. The van der Waals surface area contributed by atoms with E-state index >= 15 is 0 Å². The van der Waals surface area contributed by atoms with Crippen molar-refractivity contribution in [1.82, 2.24) is 10.3 Å². The van der Waals surface area contributed by atoms with E-state index in [0.29, 0.717) is 0 Å². The zero-order valence-electron chi connectivity index (χ0n) is 12.8. The number of hydrogen-bond donors (Lipinski definition) is 1. The molecule has 0 aliphatic heterocycles. The third-order valence-electron chi connectivity index (χ3n) is 3.79. The van der Waals surface area contributed by atoms with Crippen LogP contribution in [-0.2, 0) is 13.1 Å². The molecule has 0 unspecified atom stereocenters. The number of nitrogens with one attached hydrogen (secondary N) is 1. The third kappa shape index (κ3) is 3.65. The molecule has 0 bridgehead atoms. The zero-order chi connectivity index (χ0) is 14.7. The average Bonchev–Trinajstić information content (AvgIpc) is 3.05. The largest absolute Gasteiger partial charge is 0.343 e. The molecule has 21 heavy (non-hydrogen) atoms. The van der Waals surface area contributed by atoms with E-state index in [1.165, 1.54) is 33.4 Å². The summed E-state index contributed by atoms with van der Waals surface area (Å²) in [5, 5.41) is 6.80. The summed E-state index contributed by atoms with van der Waals surface area (Å²) in [5.74, 6) is 0.726. The molecule has 1 aliphatic carbocycles. The first-order valence-electron chi connectivity index (χ1n) is 7.79. The second-order valence-corrected chi connectivity index (χ2v) is 7.55. The lowest BCUT2D eigenvalue weighted by Gasteiger charge is -2.18. The summed E-state index contributed by atoms with van der Waals surface area (Å²) >= 11 is 3.71. The molecular weight excluding hydrogens is 298 g/mol. The van der Waals surface area contributed by atoms with Crippen LogP contribution in [0.5, 0.6) is 0 Å². The molecule has 1 saturated carbocycles. The lowest BCUT2D eigenvalue weighted by atomic mass is 10.2. The van der Waals surface area contributed by atoms with Gasteiger partial charge in [-0.05, 0) is 37.8 Å². The molecule has 0 saturated heterocycles. The van der Waals surface area contributed by atoms with Crippen molar-refractivity contribution in [1.29, 1.82) is 0 Å². The highest BCUT2D eigenvalue weighted by Gasteiger charge is 2.30. The maximum atomic E-state index is 4.99. The Morgan fingerprint density at radius 1 is 1.38 bits per heavy atom. The summed E-state index contributed by atoms with van der Waals surface area (Å²) in [5.41, 5.74) is 1.36. The van der Waals surface area contributed by atoms with Crippen molar-refractivity contribution in [3.63, 3.8) is 0 Å². The molecule has 2 heterocycles. The minimum absolute atomic E-state index is 0.726. The van der Waals surface area contributed by atoms with Gasteiger partial charge >= 0.3 is 0 Å². The number of thiazole rings is 1. The van der Waals surface area contributed by atoms with Crippen LogP contribution < -0.4 is 10.2 Å². The van der Waals surface area contributed by atoms with Crippen LogP contribution >= 0.6 is 22.7 Å². The lowest BCUT2D eigenvalue weighted by molar-refractivity contribution is 0.726. The highest BCUT2D eigenvalue weighted by Crippen LogP contribution is 2.44. The fourth-order valence-electron chi connectivity index (χ4n) is 2.43. The predicted molar refractivity (Wildman–Crippen MR) is 92.5 cm³/mol. The summed E-state index contributed by atoms with van der Waals surface area (Å²) < 4.78 is 0. The number of rotatable bonds is 8. The molecule has 0 atom stereocenters. The molecule has 0 amide bonds. The Kier molecular flexibility index (Phi) is 4.93. The molecular formula is C16H23N3S2. The molecule has 5 heteroatoms. The monoisotopic (exact) mass is 321 g/mol. The smallest absolute Gasteiger partial charge is 0.186 e. The third-order valence-corrected chi connectivity index (χ3v) is 5.79. The molecule has 2 aromatic heterocycles. The van der Waals surface area contributed by atoms with Crippen LogP contribution in [0.1, 0.15) is 48.1 Å². The minimum atomic E-state index is 0.726. The van der Waals surface area contributed by atoms with Crippen LogP contribution in [-0.4, -0.2) is 18.1 Å². The fraction of sp³-hybridized carbons (Fsp3) is 0.562. The molecule has 114 valence electrons. The van der Waals surface area contributed by atoms with Gasteiger partial charge in [0.05, 0.1) is 12.2 Å². The molecule has 1 N–H and O–H groups in total. The van der Waals surface area contributed by atoms with Gasteiger partial charge in [-0.25, -0.2) is 4.98 Å². The Labute approximate surface area is 135 Å². The number of aromatic nitrogens is 1. The Morgan fingerprint density at radius 3 is 2.86 bits per heavy atom. The zero-order valence-corrected chi connectivity index (χ0v) is 14.4. The van der Waals surface area contributed by atoms with Crippen LogP contribution in [0.3, 0.4) is 0 Å². The molecule has 0 spiro atoms. The quantitative estimate of drug-likeness (QED) is 0.789. The summed E-state index contributed by atoms with van der Waals surface area (Å²) in [6, 6.07) is 4.34. The van der Waals surface area contributed by atoms with E-state index in [0.717, 1.165) is 32.1 Å². The van der Waals surface area contributed by atoms with Gasteiger partial charge in [-0.2, -0.15) is 0 Å². The van der Waals surface area contributed by atoms with Gasteiger partial charge in [-0.1, -0.05) is 13.0 Å². The first kappa shape index (κ1) is 15.0. The van der Waals surface area contributed by atoms with Crippen LogP contribution in [0.25, 0.3) is 0 Å². The van der Waals surface area contributed by atoms with Gasteiger partial charge in [0.1, 0.15) is 0 Å². The Morgan fingerprint density at radius 2 is 2.24 bits per heavy atom. The molecule has 2 aromatic rings. The summed E-state index contributed by atoms with van der Waals surface area (Å²) in [6.45, 7) is 8.35. The first-order chi connectivity index (χ1) is 10.3. The predicted octanol–water partition coefficient (Wildman–Crippen LogP) is 4.22. The van der Waals surface area contributed by atoms with Gasteiger partial charge in [0.2, 0.25) is 0 Å². The normalized spacial score (nSPS) is 14.6. The van der Waals surface area contributed by atoms with Crippen molar-refractivity contribution in [2.75, 3.05) is 18.0 Å². The van der Waals surface area contributed by atoms with Crippen LogP contribution in [0.2, 0.25) is 0 Å². The highest BCUT2D eigenvalue weighted by atomic mass is 32.1. The van der Waals surface area contributed by atoms with Crippen LogP contribution in [0, 0.1) is 0 Å². The Bertz CT molecular complexity index is 558. The van der Waals surface area contributed by atoms with Gasteiger partial charge in [0, 0.05) is 28.8 Å². The maximum absolute atomic E-state index is 4.99. The molecule has 1 fully saturated rings. The molecule has 0 radical (unpaired) electrons. The van der Waals surface area contributed by atoms with E-state index in [4.69, 9.17) is 4.98 Å². The second kappa shape index (κ2) is 6.90. The molecule has 3 rings (SSSR count). The van der Waals surface area contributed by atoms with Crippen molar-refractivity contribution in [2.24, 2.45) is 0 Å². The second-order valence-electron chi connectivity index (χ2n) is 5.45. The van der Waals surface area contributed by atoms with Gasteiger partial charge in [-0.15, -0.1) is 22.7 Å². The fourth-order valence-corrected chi connectivity index (χ4v) is 4.33. The summed E-state index contributed by atoms with van der Waals surface area (Å²) in [7, 11) is 0. The van der Waals surface area contributed by atoms with Crippen molar-refractivity contribution in [3.05, 3.63) is 33.0 Å². The SMILES string of the molecule is CCNCc1sc(N(CC)Cc2cccs2)nc1C1CC1. The van der Waals surface area contributed by atoms with Crippen molar-refractivity contribution in [2.45, 2.75) is 45.7 Å². The average molecular weight is 322 g/mol. The van der Waals surface area contributed by atoms with E-state index in [1.54, 1.807) is 0 Å². The highest BCUT2D eigenvalue weighted by molar-refractivity contribution is 7.15. The van der Waals surface area contributed by atoms with Crippen LogP contribution in [0.4, 0.5) is 5.13 Å². The maximum Gasteiger partial charge on any atom is 0.186 e. The number of hydrogen-bond acceptors (Lipinski definition) is 5. The van der Waals surface area contributed by atoms with Crippen molar-refractivity contribution < 1.29 is 0 Å². The first-order valence-corrected chi connectivity index (χ1v) is 9.49. The Hall–Kier alpha value is -0.910. The van der Waals surface area contributed by atoms with Crippen molar-refractivity contribution in [3.8, 4) is 0 Å². The molecule has 3 nitrogen and oxygen atoms in total. The topological polar surface area (TPSA) is 28.2 Å². The van der Waals surface area contributed by atoms with E-state index in [2.05, 4.69) is 41.6 Å². The number of anilines is 1. The molecule has 0 aromatic carbocycles. The summed E-state index contributed by atoms with van der Waals surface area (Å²) in [4.78, 5) is 10.2. The lowest BCUT2D eigenvalue weighted by Crippen LogP contribution is -2.21. The molecule has 1 aliphatic rings. The van der Waals surface area contributed by atoms with Crippen LogP contribution in [0.15, 0.2) is 17.5 Å². The number of thiophene rings is 1. The summed E-state index contributed by atoms with van der Waals surface area (Å²) in [6.07, 6.45) is 2.64. The standard InChI is InChI=1S/C16H23N3S2/c1-3-17-10-14-15(12-7-8-12)18-16(21-14)19(4-2)11-13-6-5-9-20-13/h5-6,9,12,17H,3-4,7-8,10-11H2,1-2H3. The van der Waals surface area contributed by atoms with Gasteiger partial charge in [0.15, 0.2) is 5.13 Å². The van der Waals surface area contributed by atoms with Gasteiger partial charge in [0.25, 0.3) is 0 Å². The van der Waals surface area contributed by atoms with E-state index in [9.17, 15) is 0 Å². The van der Waals surface area contributed by atoms with Gasteiger partial charge in [-0.3, -0.25) is 0 Å². The van der Waals surface area contributed by atoms with Crippen molar-refractivity contribution >= 4 is 27.8 Å². The van der Waals surface area contributed by atoms with E-state index in [1.807, 2.05) is 22.7 Å². The van der Waals surface area contributed by atoms with Gasteiger partial charge < -0.3 is 10.2 Å². The van der Waals surface area contributed by atoms with E-state index < -0.39 is 0 Å². The minimum Gasteiger partial charge on any atom is -0.343 e. The van der Waals surface area contributed by atoms with E-state index in [-0.39, 0.29) is 0 Å².